The monoisotopic (exact) mass is 252 g/mol. The minimum absolute atomic E-state index is 0.820. The molecule has 0 fully saturated rings. The summed E-state index contributed by atoms with van der Waals surface area (Å²) >= 11 is 0. The highest BCUT2D eigenvalue weighted by Gasteiger charge is 2.14. The number of nitrogens with zero attached hydrogens (tertiary/aromatic N) is 3. The number of aryl methyl sites for hydroxylation is 1. The molecule has 0 bridgehead atoms. The lowest BCUT2D eigenvalue weighted by molar-refractivity contribution is 0.132. The average molecular weight is 252 g/mol. The van der Waals surface area contributed by atoms with E-state index in [4.69, 9.17) is 4.74 Å². The zero-order valence-electron chi connectivity index (χ0n) is 11.3. The van der Waals surface area contributed by atoms with Crippen LogP contribution in [0, 0.1) is 0 Å². The van der Waals surface area contributed by atoms with Gasteiger partial charge in [-0.15, -0.1) is 10.2 Å². The van der Waals surface area contributed by atoms with Crippen LogP contribution in [0.1, 0.15) is 44.3 Å². The Morgan fingerprint density at radius 3 is 3.11 bits per heavy atom. The molecule has 0 atom stereocenters. The SMILES string of the molecule is CCCOCCCNCc1nnc2n1CCCC2. The predicted molar refractivity (Wildman–Crippen MR) is 70.4 cm³/mol. The van der Waals surface area contributed by atoms with Crippen molar-refractivity contribution < 1.29 is 4.74 Å². The van der Waals surface area contributed by atoms with Crippen molar-refractivity contribution in [2.45, 2.75) is 52.1 Å². The van der Waals surface area contributed by atoms with Crippen LogP contribution < -0.4 is 5.32 Å². The molecular formula is C13H24N4O. The first-order valence-corrected chi connectivity index (χ1v) is 7.11. The van der Waals surface area contributed by atoms with Gasteiger partial charge in [-0.2, -0.15) is 0 Å². The molecule has 0 saturated carbocycles. The molecule has 1 aromatic rings. The van der Waals surface area contributed by atoms with Gasteiger partial charge in [0.15, 0.2) is 0 Å². The quantitative estimate of drug-likeness (QED) is 0.713. The molecule has 102 valence electrons. The highest BCUT2D eigenvalue weighted by molar-refractivity contribution is 4.98. The maximum absolute atomic E-state index is 5.44. The van der Waals surface area contributed by atoms with Crippen LogP contribution in [-0.4, -0.2) is 34.5 Å². The van der Waals surface area contributed by atoms with Crippen molar-refractivity contribution >= 4 is 0 Å². The van der Waals surface area contributed by atoms with Crippen molar-refractivity contribution in [3.05, 3.63) is 11.6 Å². The van der Waals surface area contributed by atoms with E-state index in [1.165, 1.54) is 12.8 Å². The molecule has 1 aliphatic rings. The van der Waals surface area contributed by atoms with Crippen LogP contribution in [0.15, 0.2) is 0 Å². The second kappa shape index (κ2) is 7.48. The number of aromatic nitrogens is 3. The van der Waals surface area contributed by atoms with Crippen molar-refractivity contribution in [2.24, 2.45) is 0 Å². The Kier molecular flexibility index (Phi) is 5.61. The molecule has 0 aliphatic carbocycles. The molecule has 2 rings (SSSR count). The molecule has 2 heterocycles. The lowest BCUT2D eigenvalue weighted by Crippen LogP contribution is -2.21. The third-order valence-electron chi connectivity index (χ3n) is 3.21. The van der Waals surface area contributed by atoms with E-state index < -0.39 is 0 Å². The Hall–Kier alpha value is -0.940. The van der Waals surface area contributed by atoms with E-state index in [1.54, 1.807) is 0 Å². The van der Waals surface area contributed by atoms with Gasteiger partial charge in [-0.1, -0.05) is 6.92 Å². The van der Waals surface area contributed by atoms with E-state index in [9.17, 15) is 0 Å². The number of fused-ring (bicyclic) bond motifs is 1. The van der Waals surface area contributed by atoms with Crippen LogP contribution in [0.4, 0.5) is 0 Å². The largest absolute Gasteiger partial charge is 0.381 e. The van der Waals surface area contributed by atoms with Crippen LogP contribution >= 0.6 is 0 Å². The van der Waals surface area contributed by atoms with Gasteiger partial charge in [-0.05, 0) is 32.2 Å². The first-order chi connectivity index (χ1) is 8.92. The smallest absolute Gasteiger partial charge is 0.147 e. The van der Waals surface area contributed by atoms with Crippen LogP contribution in [0.2, 0.25) is 0 Å². The number of nitrogens with one attached hydrogen (secondary N) is 1. The minimum Gasteiger partial charge on any atom is -0.381 e. The van der Waals surface area contributed by atoms with E-state index in [2.05, 4.69) is 27.0 Å². The van der Waals surface area contributed by atoms with Crippen LogP contribution in [-0.2, 0) is 24.2 Å². The van der Waals surface area contributed by atoms with Crippen molar-refractivity contribution in [1.82, 2.24) is 20.1 Å². The third kappa shape index (κ3) is 3.78. The second-order valence-corrected chi connectivity index (χ2v) is 4.78. The van der Waals surface area contributed by atoms with Gasteiger partial charge >= 0.3 is 0 Å². The summed E-state index contributed by atoms with van der Waals surface area (Å²) in [6, 6.07) is 0. The molecule has 0 amide bonds. The highest BCUT2D eigenvalue weighted by Crippen LogP contribution is 2.13. The Bertz CT molecular complexity index is 351. The van der Waals surface area contributed by atoms with E-state index in [0.717, 1.165) is 63.8 Å². The van der Waals surface area contributed by atoms with Gasteiger partial charge in [0.05, 0.1) is 6.54 Å². The topological polar surface area (TPSA) is 52.0 Å². The van der Waals surface area contributed by atoms with Crippen LogP contribution in [0.5, 0.6) is 0 Å². The summed E-state index contributed by atoms with van der Waals surface area (Å²) in [6.07, 6.45) is 5.74. The molecule has 0 unspecified atom stereocenters. The Balaban J connectivity index is 1.63. The fourth-order valence-electron chi connectivity index (χ4n) is 2.25. The lowest BCUT2D eigenvalue weighted by atomic mass is 10.2. The zero-order chi connectivity index (χ0) is 12.6. The molecule has 0 spiro atoms. The van der Waals surface area contributed by atoms with E-state index in [1.807, 2.05) is 0 Å². The van der Waals surface area contributed by atoms with Gasteiger partial charge < -0.3 is 14.6 Å². The summed E-state index contributed by atoms with van der Waals surface area (Å²) in [5.41, 5.74) is 0. The lowest BCUT2D eigenvalue weighted by Gasteiger charge is -2.14. The summed E-state index contributed by atoms with van der Waals surface area (Å²) < 4.78 is 7.71. The molecule has 1 aromatic heterocycles. The average Bonchev–Trinajstić information content (AvgIpc) is 2.81. The molecule has 0 aromatic carbocycles. The molecule has 5 nitrogen and oxygen atoms in total. The van der Waals surface area contributed by atoms with Crippen molar-refractivity contribution in [3.63, 3.8) is 0 Å². The van der Waals surface area contributed by atoms with Crippen LogP contribution in [0.25, 0.3) is 0 Å². The number of ether oxygens (including phenoxy) is 1. The third-order valence-corrected chi connectivity index (χ3v) is 3.21. The van der Waals surface area contributed by atoms with Gasteiger partial charge in [0, 0.05) is 26.2 Å². The molecule has 18 heavy (non-hydrogen) atoms. The number of rotatable bonds is 8. The van der Waals surface area contributed by atoms with Crippen molar-refractivity contribution in [2.75, 3.05) is 19.8 Å². The fraction of sp³-hybridized carbons (Fsp3) is 0.846. The van der Waals surface area contributed by atoms with Crippen molar-refractivity contribution in [1.29, 1.82) is 0 Å². The maximum atomic E-state index is 5.44. The molecule has 1 N–H and O–H groups in total. The van der Waals surface area contributed by atoms with E-state index >= 15 is 0 Å². The summed E-state index contributed by atoms with van der Waals surface area (Å²) in [5.74, 6) is 2.24. The Morgan fingerprint density at radius 2 is 2.22 bits per heavy atom. The first kappa shape index (κ1) is 13.5. The Labute approximate surface area is 109 Å². The van der Waals surface area contributed by atoms with Gasteiger partial charge in [0.25, 0.3) is 0 Å². The minimum atomic E-state index is 0.820. The van der Waals surface area contributed by atoms with Gasteiger partial charge in [-0.25, -0.2) is 0 Å². The fourth-order valence-corrected chi connectivity index (χ4v) is 2.25. The summed E-state index contributed by atoms with van der Waals surface area (Å²) in [6.45, 7) is 6.73. The molecule has 0 radical (unpaired) electrons. The van der Waals surface area contributed by atoms with Crippen molar-refractivity contribution in [3.8, 4) is 0 Å². The van der Waals surface area contributed by atoms with Gasteiger partial charge in [0.2, 0.25) is 0 Å². The summed E-state index contributed by atoms with van der Waals surface area (Å²) in [7, 11) is 0. The van der Waals surface area contributed by atoms with Gasteiger partial charge in [0.1, 0.15) is 11.6 Å². The zero-order valence-corrected chi connectivity index (χ0v) is 11.3. The van der Waals surface area contributed by atoms with Crippen LogP contribution in [0.3, 0.4) is 0 Å². The highest BCUT2D eigenvalue weighted by atomic mass is 16.5. The summed E-state index contributed by atoms with van der Waals surface area (Å²) in [4.78, 5) is 0. The maximum Gasteiger partial charge on any atom is 0.147 e. The van der Waals surface area contributed by atoms with E-state index in [-0.39, 0.29) is 0 Å². The van der Waals surface area contributed by atoms with E-state index in [0.29, 0.717) is 0 Å². The molecular weight excluding hydrogens is 228 g/mol. The molecule has 5 heteroatoms. The molecule has 0 saturated heterocycles. The van der Waals surface area contributed by atoms with Gasteiger partial charge in [-0.3, -0.25) is 0 Å². The molecule has 1 aliphatic heterocycles. The standard InChI is InChI=1S/C13H24N4O/c1-2-9-18-10-5-7-14-11-13-16-15-12-6-3-4-8-17(12)13/h14H,2-11H2,1H3. The predicted octanol–water partition coefficient (Wildman–Crippen LogP) is 1.52. The number of hydrogen-bond acceptors (Lipinski definition) is 4. The first-order valence-electron chi connectivity index (χ1n) is 7.11. The Morgan fingerprint density at radius 1 is 1.28 bits per heavy atom. The normalized spacial score (nSPS) is 14.7. The second-order valence-electron chi connectivity index (χ2n) is 4.78. The number of hydrogen-bond donors (Lipinski definition) is 1. The summed E-state index contributed by atoms with van der Waals surface area (Å²) in [5, 5.41) is 11.9.